The summed E-state index contributed by atoms with van der Waals surface area (Å²) in [6.07, 6.45) is 12.8. The van der Waals surface area contributed by atoms with Gasteiger partial charge in [0.1, 0.15) is 7.14 Å². The summed E-state index contributed by atoms with van der Waals surface area (Å²) in [5, 5.41) is 2.25. The lowest BCUT2D eigenvalue weighted by atomic mass is 9.66. The van der Waals surface area contributed by atoms with Crippen LogP contribution >= 0.6 is 7.14 Å². The minimum Gasteiger partial charge on any atom is -0.314 e. The zero-order valence-electron chi connectivity index (χ0n) is 14.1. The molecule has 2 fully saturated rings. The second-order valence-electron chi connectivity index (χ2n) is 7.59. The maximum absolute atomic E-state index is 13.8. The van der Waals surface area contributed by atoms with E-state index in [4.69, 9.17) is 0 Å². The Balaban J connectivity index is 1.83. The first kappa shape index (κ1) is 15.5. The van der Waals surface area contributed by atoms with Crippen LogP contribution in [0.4, 0.5) is 0 Å². The number of rotatable bonds is 2. The molecule has 122 valence electrons. The van der Waals surface area contributed by atoms with Crippen molar-refractivity contribution in [2.24, 2.45) is 11.8 Å². The van der Waals surface area contributed by atoms with E-state index in [1.165, 1.54) is 56.7 Å². The highest BCUT2D eigenvalue weighted by Crippen LogP contribution is 2.59. The molecule has 3 atom stereocenters. The normalized spacial score (nSPS) is 30.0. The Morgan fingerprint density at radius 3 is 2.39 bits per heavy atom. The van der Waals surface area contributed by atoms with Crippen LogP contribution in [0.1, 0.15) is 51.4 Å². The van der Waals surface area contributed by atoms with Crippen LogP contribution < -0.4 is 5.30 Å². The molecule has 0 saturated heterocycles. The molecule has 0 bridgehead atoms. The third-order valence-electron chi connectivity index (χ3n) is 6.21. The second kappa shape index (κ2) is 6.10. The van der Waals surface area contributed by atoms with Gasteiger partial charge in [-0.25, -0.2) is 0 Å². The Bertz CT molecular complexity index is 698. The quantitative estimate of drug-likeness (QED) is 0.620. The molecular weight excluding hydrogens is 299 g/mol. The van der Waals surface area contributed by atoms with E-state index in [0.717, 1.165) is 11.2 Å². The SMILES string of the molecule is CP(=O)(C1=C2CCCC[C@@H]2[C@@H]2CCCCC2=C1)c1ccccc1. The molecule has 0 N–H and O–H groups in total. The molecule has 2 saturated carbocycles. The molecule has 1 aromatic rings. The molecule has 0 heterocycles. The van der Waals surface area contributed by atoms with Crippen molar-refractivity contribution in [1.29, 1.82) is 0 Å². The molecule has 0 aromatic heterocycles. The third kappa shape index (κ3) is 2.68. The third-order valence-corrected chi connectivity index (χ3v) is 8.83. The standard InChI is InChI=1S/C21H27OP/c1-23(22,17-10-3-2-4-11-17)21-15-16-9-5-6-12-18(16)19-13-7-8-14-20(19)21/h2-4,10-11,15,18-19H,5-9,12-14H2,1H3/t18-,19-,23?/m1/s1. The van der Waals surface area contributed by atoms with Gasteiger partial charge in [-0.3, -0.25) is 0 Å². The van der Waals surface area contributed by atoms with E-state index in [1.807, 2.05) is 24.9 Å². The molecule has 1 aromatic carbocycles. The van der Waals surface area contributed by atoms with Crippen molar-refractivity contribution >= 4 is 12.4 Å². The van der Waals surface area contributed by atoms with Gasteiger partial charge in [-0.2, -0.15) is 0 Å². The highest BCUT2D eigenvalue weighted by Gasteiger charge is 2.39. The summed E-state index contributed by atoms with van der Waals surface area (Å²) in [5.74, 6) is 1.45. The highest BCUT2D eigenvalue weighted by molar-refractivity contribution is 7.75. The summed E-state index contributed by atoms with van der Waals surface area (Å²) >= 11 is 0. The summed E-state index contributed by atoms with van der Waals surface area (Å²) in [5.41, 5.74) is 3.17. The van der Waals surface area contributed by atoms with E-state index >= 15 is 0 Å². The van der Waals surface area contributed by atoms with Crippen LogP contribution in [-0.4, -0.2) is 6.66 Å². The highest BCUT2D eigenvalue weighted by atomic mass is 31.2. The molecule has 3 aliphatic rings. The van der Waals surface area contributed by atoms with Gasteiger partial charge in [0.05, 0.1) is 0 Å². The van der Waals surface area contributed by atoms with Gasteiger partial charge in [0.2, 0.25) is 0 Å². The summed E-state index contributed by atoms with van der Waals surface area (Å²) in [6, 6.07) is 10.2. The van der Waals surface area contributed by atoms with Crippen LogP contribution in [0, 0.1) is 11.8 Å². The smallest absolute Gasteiger partial charge is 0.140 e. The Labute approximate surface area is 140 Å². The van der Waals surface area contributed by atoms with Crippen LogP contribution in [0.3, 0.4) is 0 Å². The minimum atomic E-state index is -2.47. The summed E-state index contributed by atoms with van der Waals surface area (Å²) in [7, 11) is -2.47. The van der Waals surface area contributed by atoms with E-state index in [2.05, 4.69) is 18.2 Å². The fraction of sp³-hybridized carbons (Fsp3) is 0.524. The van der Waals surface area contributed by atoms with Crippen LogP contribution in [0.5, 0.6) is 0 Å². The van der Waals surface area contributed by atoms with E-state index in [9.17, 15) is 4.57 Å². The zero-order valence-corrected chi connectivity index (χ0v) is 15.0. The van der Waals surface area contributed by atoms with Crippen LogP contribution in [0.2, 0.25) is 0 Å². The van der Waals surface area contributed by atoms with Crippen molar-refractivity contribution in [2.45, 2.75) is 51.4 Å². The zero-order chi connectivity index (χ0) is 15.9. The Kier molecular flexibility index (Phi) is 4.10. The lowest BCUT2D eigenvalue weighted by Crippen LogP contribution is -2.29. The Hall–Kier alpha value is -1.07. The summed E-state index contributed by atoms with van der Waals surface area (Å²) in [6.45, 7) is 2.00. The van der Waals surface area contributed by atoms with Gasteiger partial charge in [-0.05, 0) is 57.0 Å². The van der Waals surface area contributed by atoms with Gasteiger partial charge >= 0.3 is 0 Å². The van der Waals surface area contributed by atoms with Gasteiger partial charge in [0, 0.05) is 10.6 Å². The largest absolute Gasteiger partial charge is 0.314 e. The van der Waals surface area contributed by atoms with E-state index in [0.29, 0.717) is 5.92 Å². The first-order chi connectivity index (χ1) is 11.2. The average molecular weight is 326 g/mol. The van der Waals surface area contributed by atoms with Crippen molar-refractivity contribution < 1.29 is 4.57 Å². The Morgan fingerprint density at radius 1 is 0.913 bits per heavy atom. The summed E-state index contributed by atoms with van der Waals surface area (Å²) in [4.78, 5) is 0. The van der Waals surface area contributed by atoms with Gasteiger partial charge in [-0.15, -0.1) is 0 Å². The molecule has 0 aliphatic heterocycles. The molecule has 1 unspecified atom stereocenters. The van der Waals surface area contributed by atoms with Gasteiger partial charge in [0.25, 0.3) is 0 Å². The average Bonchev–Trinajstić information content (AvgIpc) is 2.62. The fourth-order valence-electron chi connectivity index (χ4n) is 5.02. The molecule has 3 aliphatic carbocycles. The van der Waals surface area contributed by atoms with Gasteiger partial charge < -0.3 is 4.57 Å². The van der Waals surface area contributed by atoms with Crippen LogP contribution in [-0.2, 0) is 4.57 Å². The topological polar surface area (TPSA) is 17.1 Å². The monoisotopic (exact) mass is 326 g/mol. The van der Waals surface area contributed by atoms with E-state index in [1.54, 1.807) is 11.1 Å². The first-order valence-electron chi connectivity index (χ1n) is 9.25. The number of hydrogen-bond donors (Lipinski definition) is 0. The number of benzene rings is 1. The second-order valence-corrected chi connectivity index (χ2v) is 10.4. The number of hydrogen-bond acceptors (Lipinski definition) is 1. The number of allylic oxidation sites excluding steroid dienone is 4. The predicted octanol–water partition coefficient (Wildman–Crippen LogP) is 5.88. The van der Waals surface area contributed by atoms with Crippen molar-refractivity contribution in [1.82, 2.24) is 0 Å². The molecule has 23 heavy (non-hydrogen) atoms. The maximum Gasteiger partial charge on any atom is 0.140 e. The fourth-order valence-corrected chi connectivity index (χ4v) is 7.28. The predicted molar refractivity (Wildman–Crippen MR) is 98.6 cm³/mol. The Morgan fingerprint density at radius 2 is 1.61 bits per heavy atom. The van der Waals surface area contributed by atoms with E-state index < -0.39 is 7.14 Å². The molecule has 0 radical (unpaired) electrons. The molecule has 2 heteroatoms. The van der Waals surface area contributed by atoms with Crippen LogP contribution in [0.15, 0.2) is 52.9 Å². The van der Waals surface area contributed by atoms with Gasteiger partial charge in [-0.1, -0.05) is 60.4 Å². The minimum absolute atomic E-state index is 0.691. The molecule has 0 amide bonds. The van der Waals surface area contributed by atoms with Crippen molar-refractivity contribution in [3.05, 3.63) is 52.9 Å². The van der Waals surface area contributed by atoms with Crippen molar-refractivity contribution in [3.8, 4) is 0 Å². The van der Waals surface area contributed by atoms with Gasteiger partial charge in [0.15, 0.2) is 0 Å². The lowest BCUT2D eigenvalue weighted by Gasteiger charge is -2.42. The molecule has 4 rings (SSSR count). The lowest BCUT2D eigenvalue weighted by molar-refractivity contribution is 0.296. The summed E-state index contributed by atoms with van der Waals surface area (Å²) < 4.78 is 13.8. The molecule has 0 spiro atoms. The maximum atomic E-state index is 13.8. The molecule has 1 nitrogen and oxygen atoms in total. The van der Waals surface area contributed by atoms with E-state index in [-0.39, 0.29) is 0 Å². The van der Waals surface area contributed by atoms with Crippen molar-refractivity contribution in [2.75, 3.05) is 6.66 Å². The number of fused-ring (bicyclic) bond motifs is 3. The van der Waals surface area contributed by atoms with Crippen LogP contribution in [0.25, 0.3) is 0 Å². The van der Waals surface area contributed by atoms with Crippen molar-refractivity contribution in [3.63, 3.8) is 0 Å². The molecular formula is C21H27OP. The first-order valence-corrected chi connectivity index (χ1v) is 11.4.